The Hall–Kier alpha value is -1.97. The predicted octanol–water partition coefficient (Wildman–Crippen LogP) is 2.84. The molecule has 0 aliphatic heterocycles. The average molecular weight is 246 g/mol. The lowest BCUT2D eigenvalue weighted by Gasteiger charge is -2.05. The molecule has 0 bridgehead atoms. The van der Waals surface area contributed by atoms with Gasteiger partial charge in [0.15, 0.2) is 0 Å². The minimum Gasteiger partial charge on any atom is -0.311 e. The van der Waals surface area contributed by atoms with E-state index in [1.165, 1.54) is 12.1 Å². The third-order valence-corrected chi connectivity index (χ3v) is 2.75. The van der Waals surface area contributed by atoms with E-state index in [4.69, 9.17) is 0 Å². The average Bonchev–Trinajstić information content (AvgIpc) is 2.32. The smallest absolute Gasteiger partial charge is 0.251 e. The van der Waals surface area contributed by atoms with Gasteiger partial charge in [0.25, 0.3) is 5.56 Å². The number of H-pyrrole nitrogens is 1. The van der Waals surface area contributed by atoms with Gasteiger partial charge in [0.05, 0.1) is 5.69 Å². The fourth-order valence-electron chi connectivity index (χ4n) is 1.76. The number of hydrogen-bond donors (Lipinski definition) is 1. The van der Waals surface area contributed by atoms with Gasteiger partial charge in [-0.3, -0.25) is 4.79 Å². The van der Waals surface area contributed by atoms with Crippen LogP contribution in [0.4, 0.5) is 4.39 Å². The van der Waals surface area contributed by atoms with Crippen molar-refractivity contribution in [3.8, 4) is 11.3 Å². The van der Waals surface area contributed by atoms with Gasteiger partial charge in [-0.2, -0.15) is 0 Å². The molecule has 2 aromatic rings. The number of rotatable bonds is 3. The first-order valence-corrected chi connectivity index (χ1v) is 5.97. The van der Waals surface area contributed by atoms with E-state index in [0.717, 1.165) is 6.42 Å². The molecule has 0 saturated heterocycles. The number of halogens is 1. The summed E-state index contributed by atoms with van der Waals surface area (Å²) in [4.78, 5) is 18.5. The topological polar surface area (TPSA) is 45.8 Å². The number of nitrogens with one attached hydrogen (secondary N) is 1. The summed E-state index contributed by atoms with van der Waals surface area (Å²) in [6.07, 6.45) is 1.60. The highest BCUT2D eigenvalue weighted by molar-refractivity contribution is 5.59. The molecule has 1 N–H and O–H groups in total. The minimum atomic E-state index is -0.286. The Morgan fingerprint density at radius 3 is 2.78 bits per heavy atom. The number of benzene rings is 1. The zero-order valence-electron chi connectivity index (χ0n) is 10.5. The summed E-state index contributed by atoms with van der Waals surface area (Å²) in [5.74, 6) is 0.354. The highest BCUT2D eigenvalue weighted by Crippen LogP contribution is 2.18. The maximum atomic E-state index is 13.5. The van der Waals surface area contributed by atoms with Crippen LogP contribution in [0, 0.1) is 12.7 Å². The van der Waals surface area contributed by atoms with Crippen molar-refractivity contribution in [3.05, 3.63) is 51.8 Å². The molecule has 1 aromatic carbocycles. The van der Waals surface area contributed by atoms with Crippen LogP contribution in [0.15, 0.2) is 29.1 Å². The van der Waals surface area contributed by atoms with Crippen molar-refractivity contribution >= 4 is 0 Å². The molecule has 0 radical (unpaired) electrons. The van der Waals surface area contributed by atoms with Gasteiger partial charge >= 0.3 is 0 Å². The molecule has 0 amide bonds. The van der Waals surface area contributed by atoms with Gasteiger partial charge in [-0.25, -0.2) is 9.37 Å². The van der Waals surface area contributed by atoms with E-state index in [9.17, 15) is 9.18 Å². The van der Waals surface area contributed by atoms with Crippen molar-refractivity contribution in [1.82, 2.24) is 9.97 Å². The minimum absolute atomic E-state index is 0.204. The van der Waals surface area contributed by atoms with E-state index in [-0.39, 0.29) is 11.4 Å². The van der Waals surface area contributed by atoms with Crippen LogP contribution < -0.4 is 5.56 Å². The second-order valence-electron chi connectivity index (χ2n) is 4.29. The molecule has 94 valence electrons. The van der Waals surface area contributed by atoms with Crippen LogP contribution >= 0.6 is 0 Å². The Kier molecular flexibility index (Phi) is 3.55. The number of aryl methyl sites for hydroxylation is 2. The summed E-state index contributed by atoms with van der Waals surface area (Å²) in [6, 6.07) is 6.26. The van der Waals surface area contributed by atoms with Crippen LogP contribution in [0.5, 0.6) is 0 Å². The Labute approximate surface area is 105 Å². The van der Waals surface area contributed by atoms with Gasteiger partial charge in [0, 0.05) is 18.1 Å². The Bertz CT molecular complexity index is 619. The largest absolute Gasteiger partial charge is 0.311 e. The fourth-order valence-corrected chi connectivity index (χ4v) is 1.76. The lowest BCUT2D eigenvalue weighted by atomic mass is 10.1. The van der Waals surface area contributed by atoms with Crippen LogP contribution in [-0.4, -0.2) is 9.97 Å². The quantitative estimate of drug-likeness (QED) is 0.905. The zero-order valence-corrected chi connectivity index (χ0v) is 10.5. The molecule has 2 rings (SSSR count). The number of aromatic nitrogens is 2. The van der Waals surface area contributed by atoms with E-state index < -0.39 is 0 Å². The van der Waals surface area contributed by atoms with Crippen molar-refractivity contribution < 1.29 is 4.39 Å². The molecule has 0 atom stereocenters. The predicted molar refractivity (Wildman–Crippen MR) is 69.0 cm³/mol. The van der Waals surface area contributed by atoms with Crippen molar-refractivity contribution in [2.75, 3.05) is 0 Å². The summed E-state index contributed by atoms with van der Waals surface area (Å²) in [7, 11) is 0. The third kappa shape index (κ3) is 2.64. The molecule has 1 aromatic heterocycles. The van der Waals surface area contributed by atoms with E-state index in [2.05, 4.69) is 9.97 Å². The van der Waals surface area contributed by atoms with Crippen molar-refractivity contribution in [2.45, 2.75) is 26.7 Å². The number of hydrogen-bond acceptors (Lipinski definition) is 2. The maximum Gasteiger partial charge on any atom is 0.251 e. The molecule has 0 aliphatic rings. The van der Waals surface area contributed by atoms with Crippen LogP contribution in [0.3, 0.4) is 0 Å². The lowest BCUT2D eigenvalue weighted by molar-refractivity contribution is 0.619. The molecule has 3 nitrogen and oxygen atoms in total. The van der Waals surface area contributed by atoms with Gasteiger partial charge in [0.2, 0.25) is 0 Å². The van der Waals surface area contributed by atoms with Gasteiger partial charge < -0.3 is 4.98 Å². The molecule has 4 heteroatoms. The Morgan fingerprint density at radius 2 is 2.11 bits per heavy atom. The zero-order chi connectivity index (χ0) is 13.1. The van der Waals surface area contributed by atoms with Crippen LogP contribution in [0.1, 0.15) is 24.7 Å². The highest BCUT2D eigenvalue weighted by Gasteiger charge is 2.06. The molecule has 0 unspecified atom stereocenters. The maximum absolute atomic E-state index is 13.5. The summed E-state index contributed by atoms with van der Waals surface area (Å²) in [5, 5.41) is 0. The molecule has 0 saturated carbocycles. The molecule has 18 heavy (non-hydrogen) atoms. The van der Waals surface area contributed by atoms with Crippen LogP contribution in [0.2, 0.25) is 0 Å². The Morgan fingerprint density at radius 1 is 1.33 bits per heavy atom. The molecule has 0 aliphatic carbocycles. The van der Waals surface area contributed by atoms with E-state index in [0.29, 0.717) is 29.1 Å². The van der Waals surface area contributed by atoms with Gasteiger partial charge in [-0.05, 0) is 25.0 Å². The van der Waals surface area contributed by atoms with E-state index in [1.807, 2.05) is 6.92 Å². The SMILES string of the molecule is CCCc1nc(-c2ccc(C)c(F)c2)cc(=O)[nH]1. The summed E-state index contributed by atoms with van der Waals surface area (Å²) in [5.41, 5.74) is 1.52. The normalized spacial score (nSPS) is 10.6. The van der Waals surface area contributed by atoms with Gasteiger partial charge in [0.1, 0.15) is 11.6 Å². The first-order valence-electron chi connectivity index (χ1n) is 5.97. The van der Waals surface area contributed by atoms with Gasteiger partial charge in [-0.1, -0.05) is 19.1 Å². The van der Waals surface area contributed by atoms with Crippen LogP contribution in [0.25, 0.3) is 11.3 Å². The third-order valence-electron chi connectivity index (χ3n) is 2.75. The van der Waals surface area contributed by atoms with Crippen molar-refractivity contribution in [1.29, 1.82) is 0 Å². The number of aromatic amines is 1. The summed E-state index contributed by atoms with van der Waals surface area (Å²) >= 11 is 0. The highest BCUT2D eigenvalue weighted by atomic mass is 19.1. The second-order valence-corrected chi connectivity index (χ2v) is 4.29. The van der Waals surface area contributed by atoms with E-state index in [1.54, 1.807) is 19.1 Å². The monoisotopic (exact) mass is 246 g/mol. The molecule has 0 fully saturated rings. The molecular formula is C14H15FN2O. The van der Waals surface area contributed by atoms with Crippen molar-refractivity contribution in [2.24, 2.45) is 0 Å². The number of nitrogens with zero attached hydrogens (tertiary/aromatic N) is 1. The molecule has 1 heterocycles. The first-order chi connectivity index (χ1) is 8.60. The van der Waals surface area contributed by atoms with E-state index >= 15 is 0 Å². The lowest BCUT2D eigenvalue weighted by Crippen LogP contribution is -2.11. The second kappa shape index (κ2) is 5.12. The summed E-state index contributed by atoms with van der Waals surface area (Å²) < 4.78 is 13.5. The van der Waals surface area contributed by atoms with Gasteiger partial charge in [-0.15, -0.1) is 0 Å². The van der Waals surface area contributed by atoms with Crippen molar-refractivity contribution in [3.63, 3.8) is 0 Å². The van der Waals surface area contributed by atoms with Crippen LogP contribution in [-0.2, 0) is 6.42 Å². The summed E-state index contributed by atoms with van der Waals surface area (Å²) in [6.45, 7) is 3.71. The first kappa shape index (κ1) is 12.5. The molecular weight excluding hydrogens is 231 g/mol. The Balaban J connectivity index is 2.49. The molecule has 0 spiro atoms. The fraction of sp³-hybridized carbons (Fsp3) is 0.286. The standard InChI is InChI=1S/C14H15FN2O/c1-3-4-13-16-12(8-14(18)17-13)10-6-5-9(2)11(15)7-10/h5-8H,3-4H2,1-2H3,(H,16,17,18).